The molecule has 0 aliphatic rings. The van der Waals surface area contributed by atoms with E-state index in [4.69, 9.17) is 8.92 Å². The van der Waals surface area contributed by atoms with Gasteiger partial charge in [-0.05, 0) is 44.2 Å². The van der Waals surface area contributed by atoms with Crippen molar-refractivity contribution in [3.63, 3.8) is 0 Å². The van der Waals surface area contributed by atoms with Crippen molar-refractivity contribution in [3.8, 4) is 5.75 Å². The van der Waals surface area contributed by atoms with E-state index in [1.807, 2.05) is 18.5 Å². The Balaban J connectivity index is 2.07. The fourth-order valence-corrected chi connectivity index (χ4v) is 4.57. The standard InChI is InChI=1S/C20H20BrNO5S/c1-4-26-20(23)19-16-11-14(7-10-17(16)22(3)18(19)12-21)27-28(24,25)15-8-5-13(2)6-9-15/h5-11H,4,12H2,1-3H3. The highest BCUT2D eigenvalue weighted by atomic mass is 79.9. The summed E-state index contributed by atoms with van der Waals surface area (Å²) in [6, 6.07) is 11.3. The number of fused-ring (bicyclic) bond motifs is 1. The topological polar surface area (TPSA) is 74.6 Å². The van der Waals surface area contributed by atoms with Gasteiger partial charge in [-0.1, -0.05) is 33.6 Å². The molecule has 8 heteroatoms. The highest BCUT2D eigenvalue weighted by molar-refractivity contribution is 9.08. The first-order valence-electron chi connectivity index (χ1n) is 8.64. The van der Waals surface area contributed by atoms with Crippen LogP contribution in [-0.4, -0.2) is 25.6 Å². The third-order valence-electron chi connectivity index (χ3n) is 4.41. The summed E-state index contributed by atoms with van der Waals surface area (Å²) in [5, 5.41) is 1.02. The zero-order chi connectivity index (χ0) is 20.5. The van der Waals surface area contributed by atoms with Crippen molar-refractivity contribution in [2.75, 3.05) is 6.61 Å². The Bertz CT molecular complexity index is 1130. The van der Waals surface area contributed by atoms with Crippen LogP contribution in [0.15, 0.2) is 47.4 Å². The van der Waals surface area contributed by atoms with Gasteiger partial charge in [-0.3, -0.25) is 0 Å². The predicted octanol–water partition coefficient (Wildman–Crippen LogP) is 4.33. The van der Waals surface area contributed by atoms with Gasteiger partial charge >= 0.3 is 16.1 Å². The maximum atomic E-state index is 12.6. The molecule has 0 amide bonds. The lowest BCUT2D eigenvalue weighted by Gasteiger charge is -2.08. The number of aromatic nitrogens is 1. The summed E-state index contributed by atoms with van der Waals surface area (Å²) >= 11 is 3.40. The van der Waals surface area contributed by atoms with Crippen LogP contribution in [0.4, 0.5) is 0 Å². The molecule has 0 atom stereocenters. The summed E-state index contributed by atoms with van der Waals surface area (Å²) in [7, 11) is -2.14. The highest BCUT2D eigenvalue weighted by Crippen LogP contribution is 2.32. The summed E-state index contributed by atoms with van der Waals surface area (Å²) in [6.45, 7) is 3.85. The van der Waals surface area contributed by atoms with Crippen LogP contribution < -0.4 is 4.18 Å². The third-order valence-corrected chi connectivity index (χ3v) is 6.21. The maximum Gasteiger partial charge on any atom is 0.340 e. The van der Waals surface area contributed by atoms with Crippen molar-refractivity contribution >= 4 is 42.9 Å². The molecule has 6 nitrogen and oxygen atoms in total. The molecule has 0 aliphatic heterocycles. The van der Waals surface area contributed by atoms with Crippen LogP contribution in [0, 0.1) is 6.92 Å². The Morgan fingerprint density at radius 2 is 1.82 bits per heavy atom. The lowest BCUT2D eigenvalue weighted by atomic mass is 10.1. The summed E-state index contributed by atoms with van der Waals surface area (Å²) in [5.41, 5.74) is 2.87. The van der Waals surface area contributed by atoms with Crippen LogP contribution in [0.1, 0.15) is 28.5 Å². The minimum Gasteiger partial charge on any atom is -0.462 e. The molecular weight excluding hydrogens is 446 g/mol. The Morgan fingerprint density at radius 3 is 2.43 bits per heavy atom. The molecule has 0 unspecified atom stereocenters. The summed E-state index contributed by atoms with van der Waals surface area (Å²) in [4.78, 5) is 12.6. The second-order valence-corrected chi connectivity index (χ2v) is 8.37. The van der Waals surface area contributed by atoms with Crippen LogP contribution in [-0.2, 0) is 27.2 Å². The third kappa shape index (κ3) is 3.79. The molecule has 0 aliphatic carbocycles. The van der Waals surface area contributed by atoms with Crippen molar-refractivity contribution in [1.29, 1.82) is 0 Å². The van der Waals surface area contributed by atoms with E-state index in [0.717, 1.165) is 16.8 Å². The molecule has 1 heterocycles. The van der Waals surface area contributed by atoms with Crippen molar-refractivity contribution in [2.24, 2.45) is 7.05 Å². The number of carbonyl (C=O) groups excluding carboxylic acids is 1. The molecular formula is C20H20BrNO5S. The molecule has 0 bridgehead atoms. The van der Waals surface area contributed by atoms with Crippen molar-refractivity contribution < 1.29 is 22.1 Å². The number of aryl methyl sites for hydroxylation is 2. The highest BCUT2D eigenvalue weighted by Gasteiger charge is 2.23. The van der Waals surface area contributed by atoms with Crippen molar-refractivity contribution in [3.05, 3.63) is 59.3 Å². The van der Waals surface area contributed by atoms with Gasteiger partial charge in [-0.25, -0.2) is 4.79 Å². The van der Waals surface area contributed by atoms with Gasteiger partial charge in [0.05, 0.1) is 12.2 Å². The first-order valence-corrected chi connectivity index (χ1v) is 11.2. The molecule has 0 saturated heterocycles. The van der Waals surface area contributed by atoms with Gasteiger partial charge < -0.3 is 13.5 Å². The minimum atomic E-state index is -3.98. The van der Waals surface area contributed by atoms with E-state index >= 15 is 0 Å². The first kappa shape index (κ1) is 20.4. The Kier molecular flexibility index (Phi) is 5.81. The molecule has 0 radical (unpaired) electrons. The van der Waals surface area contributed by atoms with Gasteiger partial charge in [-0.15, -0.1) is 0 Å². The normalized spacial score (nSPS) is 11.6. The Labute approximate surface area is 172 Å². The van der Waals surface area contributed by atoms with E-state index in [1.165, 1.54) is 12.1 Å². The van der Waals surface area contributed by atoms with Gasteiger partial charge in [0, 0.05) is 29.0 Å². The van der Waals surface area contributed by atoms with E-state index in [1.54, 1.807) is 37.3 Å². The fraction of sp³-hybridized carbons (Fsp3) is 0.250. The average molecular weight is 466 g/mol. The maximum absolute atomic E-state index is 12.6. The SMILES string of the molecule is CCOC(=O)c1c(CBr)n(C)c2ccc(OS(=O)(=O)c3ccc(C)cc3)cc12. The Morgan fingerprint density at radius 1 is 1.14 bits per heavy atom. The van der Waals surface area contributed by atoms with Crippen LogP contribution in [0.5, 0.6) is 5.75 Å². The monoisotopic (exact) mass is 465 g/mol. The number of rotatable bonds is 6. The summed E-state index contributed by atoms with van der Waals surface area (Å²) < 4.78 is 37.5. The number of esters is 1. The number of ether oxygens (including phenoxy) is 1. The van der Waals surface area contributed by atoms with Crippen LogP contribution in [0.25, 0.3) is 10.9 Å². The van der Waals surface area contributed by atoms with E-state index in [9.17, 15) is 13.2 Å². The second kappa shape index (κ2) is 7.97. The van der Waals surface area contributed by atoms with Gasteiger partial charge in [0.25, 0.3) is 0 Å². The number of hydrogen-bond acceptors (Lipinski definition) is 5. The summed E-state index contributed by atoms with van der Waals surface area (Å²) in [5.74, 6) is -0.327. The van der Waals surface area contributed by atoms with Gasteiger partial charge in [0.15, 0.2) is 0 Å². The second-order valence-electron chi connectivity index (χ2n) is 6.26. The van der Waals surface area contributed by atoms with E-state index < -0.39 is 16.1 Å². The predicted molar refractivity (Wildman–Crippen MR) is 110 cm³/mol. The zero-order valence-electron chi connectivity index (χ0n) is 15.7. The molecule has 2 aromatic carbocycles. The number of nitrogens with zero attached hydrogens (tertiary/aromatic N) is 1. The van der Waals surface area contributed by atoms with E-state index in [2.05, 4.69) is 15.9 Å². The minimum absolute atomic E-state index is 0.0676. The number of alkyl halides is 1. The van der Waals surface area contributed by atoms with Crippen molar-refractivity contribution in [2.45, 2.75) is 24.1 Å². The lowest BCUT2D eigenvalue weighted by molar-refractivity contribution is 0.0527. The fourth-order valence-electron chi connectivity index (χ4n) is 3.00. The first-order chi connectivity index (χ1) is 13.3. The quantitative estimate of drug-likeness (QED) is 0.307. The number of carbonyl (C=O) groups is 1. The van der Waals surface area contributed by atoms with Crippen LogP contribution in [0.2, 0.25) is 0 Å². The van der Waals surface area contributed by atoms with Gasteiger partial charge in [0.2, 0.25) is 0 Å². The molecule has 0 spiro atoms. The molecule has 3 aromatic rings. The zero-order valence-corrected chi connectivity index (χ0v) is 18.1. The smallest absolute Gasteiger partial charge is 0.340 e. The molecule has 3 rings (SSSR count). The number of hydrogen-bond donors (Lipinski definition) is 0. The number of halogens is 1. The molecule has 1 aromatic heterocycles. The molecule has 0 N–H and O–H groups in total. The lowest BCUT2D eigenvalue weighted by Crippen LogP contribution is -2.10. The molecule has 28 heavy (non-hydrogen) atoms. The molecule has 0 saturated carbocycles. The van der Waals surface area contributed by atoms with E-state index in [0.29, 0.717) is 16.3 Å². The molecule has 148 valence electrons. The van der Waals surface area contributed by atoms with Gasteiger partial charge in [0.1, 0.15) is 10.6 Å². The van der Waals surface area contributed by atoms with Crippen molar-refractivity contribution in [1.82, 2.24) is 4.57 Å². The van der Waals surface area contributed by atoms with Gasteiger partial charge in [-0.2, -0.15) is 8.42 Å². The number of benzene rings is 2. The van der Waals surface area contributed by atoms with E-state index in [-0.39, 0.29) is 17.3 Å². The Hall–Kier alpha value is -2.32. The largest absolute Gasteiger partial charge is 0.462 e. The summed E-state index contributed by atoms with van der Waals surface area (Å²) in [6.07, 6.45) is 0. The molecule has 0 fully saturated rings. The van der Waals surface area contributed by atoms with Crippen LogP contribution in [0.3, 0.4) is 0 Å². The average Bonchev–Trinajstić information content (AvgIpc) is 2.93. The van der Waals surface area contributed by atoms with Crippen LogP contribution >= 0.6 is 15.9 Å².